The number of carboxylic acid groups (broad SMARTS) is 1. The summed E-state index contributed by atoms with van der Waals surface area (Å²) in [7, 11) is 0. The Labute approximate surface area is 124 Å². The zero-order valence-corrected chi connectivity index (χ0v) is 12.0. The van der Waals surface area contributed by atoms with Crippen LogP contribution in [0.15, 0.2) is 29.6 Å². The predicted molar refractivity (Wildman–Crippen MR) is 76.1 cm³/mol. The maximum atomic E-state index is 12.1. The first kappa shape index (κ1) is 14.5. The molecule has 1 unspecified atom stereocenters. The highest BCUT2D eigenvalue weighted by atomic mass is 35.5. The first-order valence-corrected chi connectivity index (χ1v) is 6.94. The van der Waals surface area contributed by atoms with Crippen molar-refractivity contribution in [3.63, 3.8) is 0 Å². The van der Waals surface area contributed by atoms with E-state index in [4.69, 9.17) is 11.6 Å². The maximum absolute atomic E-state index is 12.1. The summed E-state index contributed by atoms with van der Waals surface area (Å²) in [6.07, 6.45) is 0. The molecule has 0 aliphatic carbocycles. The van der Waals surface area contributed by atoms with Gasteiger partial charge in [0.05, 0.1) is 0 Å². The summed E-state index contributed by atoms with van der Waals surface area (Å²) in [5, 5.41) is 13.6. The number of halogens is 1. The van der Waals surface area contributed by atoms with E-state index >= 15 is 0 Å². The number of hydrogen-bond acceptors (Lipinski definition) is 4. The molecule has 2 heterocycles. The van der Waals surface area contributed by atoms with E-state index in [0.717, 1.165) is 0 Å². The fourth-order valence-electron chi connectivity index (χ4n) is 1.68. The molecule has 2 aromatic heterocycles. The monoisotopic (exact) mass is 310 g/mol. The molecule has 0 fully saturated rings. The van der Waals surface area contributed by atoms with E-state index < -0.39 is 17.9 Å². The zero-order chi connectivity index (χ0) is 14.7. The predicted octanol–water partition coefficient (Wildman–Crippen LogP) is 2.66. The van der Waals surface area contributed by atoms with Gasteiger partial charge in [0.25, 0.3) is 5.91 Å². The molecule has 2 rings (SSSR count). The lowest BCUT2D eigenvalue weighted by Crippen LogP contribution is -2.33. The molecule has 0 radical (unpaired) electrons. The number of nitrogens with one attached hydrogen (secondary N) is 1. The smallest absolute Gasteiger partial charge is 0.331 e. The molecular weight excluding hydrogens is 300 g/mol. The van der Waals surface area contributed by atoms with Crippen molar-refractivity contribution in [1.29, 1.82) is 0 Å². The average Bonchev–Trinajstić information content (AvgIpc) is 2.87. The third-order valence-corrected chi connectivity index (χ3v) is 3.67. The molecule has 0 saturated heterocycles. The summed E-state index contributed by atoms with van der Waals surface area (Å²) in [5.74, 6) is -1.61. The summed E-state index contributed by atoms with van der Waals surface area (Å²) >= 11 is 7.06. The molecular formula is C13H11ClN2O3S. The maximum Gasteiger partial charge on any atom is 0.331 e. The molecule has 0 bridgehead atoms. The molecule has 0 aliphatic heterocycles. The van der Waals surface area contributed by atoms with Crippen LogP contribution in [0.4, 0.5) is 0 Å². The Morgan fingerprint density at radius 2 is 2.20 bits per heavy atom. The first-order chi connectivity index (χ1) is 9.47. The van der Waals surface area contributed by atoms with E-state index in [2.05, 4.69) is 10.3 Å². The van der Waals surface area contributed by atoms with Crippen LogP contribution in [-0.2, 0) is 4.79 Å². The van der Waals surface area contributed by atoms with Crippen LogP contribution in [0.3, 0.4) is 0 Å². The number of aryl methyl sites for hydroxylation is 1. The number of hydrogen-bond donors (Lipinski definition) is 2. The van der Waals surface area contributed by atoms with Crippen molar-refractivity contribution in [1.82, 2.24) is 10.3 Å². The normalized spacial score (nSPS) is 11.9. The lowest BCUT2D eigenvalue weighted by molar-refractivity contribution is -0.139. The lowest BCUT2D eigenvalue weighted by Gasteiger charge is -2.13. The SMILES string of the molecule is Cc1cc(C(=O)NC(C(=O)O)c2cccs2)cc(Cl)n1. The standard InChI is InChI=1S/C13H11ClN2O3S/c1-7-5-8(6-10(14)15-7)12(17)16-11(13(18)19)9-3-2-4-20-9/h2-6,11H,1H3,(H,16,17)(H,18,19). The largest absolute Gasteiger partial charge is 0.479 e. The van der Waals surface area contributed by atoms with E-state index in [-0.39, 0.29) is 10.7 Å². The Bertz CT molecular complexity index is 623. The number of rotatable bonds is 4. The minimum Gasteiger partial charge on any atom is -0.479 e. The molecule has 0 spiro atoms. The molecule has 7 heteroatoms. The third-order valence-electron chi connectivity index (χ3n) is 2.53. The van der Waals surface area contributed by atoms with Crippen molar-refractivity contribution in [2.24, 2.45) is 0 Å². The van der Waals surface area contributed by atoms with Crippen molar-refractivity contribution in [2.75, 3.05) is 0 Å². The number of aromatic nitrogens is 1. The van der Waals surface area contributed by atoms with Crippen LogP contribution < -0.4 is 5.32 Å². The molecule has 5 nitrogen and oxygen atoms in total. The summed E-state index contributed by atoms with van der Waals surface area (Å²) in [6.45, 7) is 1.70. The van der Waals surface area contributed by atoms with Gasteiger partial charge in [-0.15, -0.1) is 11.3 Å². The van der Waals surface area contributed by atoms with E-state index in [9.17, 15) is 14.7 Å². The topological polar surface area (TPSA) is 79.3 Å². The number of amides is 1. The van der Waals surface area contributed by atoms with Gasteiger partial charge in [-0.25, -0.2) is 9.78 Å². The summed E-state index contributed by atoms with van der Waals surface area (Å²) in [6, 6.07) is 5.27. The quantitative estimate of drug-likeness (QED) is 0.851. The Balaban J connectivity index is 2.23. The van der Waals surface area contributed by atoms with Gasteiger partial charge in [0.15, 0.2) is 6.04 Å². The van der Waals surface area contributed by atoms with Crippen molar-refractivity contribution >= 4 is 34.8 Å². The minimum absolute atomic E-state index is 0.193. The highest BCUT2D eigenvalue weighted by molar-refractivity contribution is 7.10. The molecule has 0 aliphatic rings. The van der Waals surface area contributed by atoms with Gasteiger partial charge in [-0.1, -0.05) is 17.7 Å². The van der Waals surface area contributed by atoms with Gasteiger partial charge in [-0.2, -0.15) is 0 Å². The molecule has 2 aromatic rings. The van der Waals surface area contributed by atoms with Crippen LogP contribution in [0.1, 0.15) is 27.0 Å². The van der Waals surface area contributed by atoms with Crippen LogP contribution in [0.25, 0.3) is 0 Å². The van der Waals surface area contributed by atoms with Gasteiger partial charge >= 0.3 is 5.97 Å². The molecule has 104 valence electrons. The Morgan fingerprint density at radius 3 is 2.75 bits per heavy atom. The van der Waals surface area contributed by atoms with Crippen LogP contribution in [0.5, 0.6) is 0 Å². The second kappa shape index (κ2) is 6.02. The lowest BCUT2D eigenvalue weighted by atomic mass is 10.2. The van der Waals surface area contributed by atoms with Gasteiger partial charge in [-0.05, 0) is 30.5 Å². The number of carbonyl (C=O) groups is 2. The van der Waals surface area contributed by atoms with Gasteiger partial charge in [0.2, 0.25) is 0 Å². The summed E-state index contributed by atoms with van der Waals surface area (Å²) < 4.78 is 0. The van der Waals surface area contributed by atoms with E-state index in [0.29, 0.717) is 10.6 Å². The van der Waals surface area contributed by atoms with Crippen LogP contribution in [-0.4, -0.2) is 22.0 Å². The zero-order valence-electron chi connectivity index (χ0n) is 10.5. The van der Waals surface area contributed by atoms with Crippen LogP contribution in [0.2, 0.25) is 5.15 Å². The average molecular weight is 311 g/mol. The molecule has 0 aromatic carbocycles. The molecule has 0 saturated carbocycles. The van der Waals surface area contributed by atoms with Crippen molar-refractivity contribution in [3.8, 4) is 0 Å². The number of carboxylic acids is 1. The Kier molecular flexibility index (Phi) is 4.36. The molecule has 1 atom stereocenters. The number of aliphatic carboxylic acids is 1. The van der Waals surface area contributed by atoms with E-state index in [1.165, 1.54) is 17.4 Å². The van der Waals surface area contributed by atoms with Gasteiger partial charge in [0, 0.05) is 16.1 Å². The number of pyridine rings is 1. The Hall–Kier alpha value is -1.92. The highest BCUT2D eigenvalue weighted by Crippen LogP contribution is 2.20. The van der Waals surface area contributed by atoms with Crippen molar-refractivity contribution in [3.05, 3.63) is 50.9 Å². The first-order valence-electron chi connectivity index (χ1n) is 5.68. The minimum atomic E-state index is -1.11. The van der Waals surface area contributed by atoms with Crippen molar-refractivity contribution < 1.29 is 14.7 Å². The number of nitrogens with zero attached hydrogens (tertiary/aromatic N) is 1. The van der Waals surface area contributed by atoms with Crippen molar-refractivity contribution in [2.45, 2.75) is 13.0 Å². The van der Waals surface area contributed by atoms with Crippen LogP contribution in [0, 0.1) is 6.92 Å². The van der Waals surface area contributed by atoms with E-state index in [1.54, 1.807) is 30.5 Å². The molecule has 1 amide bonds. The van der Waals surface area contributed by atoms with E-state index in [1.807, 2.05) is 0 Å². The van der Waals surface area contributed by atoms with Crippen LogP contribution >= 0.6 is 22.9 Å². The summed E-state index contributed by atoms with van der Waals surface area (Å²) in [5.41, 5.74) is 0.871. The second-order valence-corrected chi connectivity index (χ2v) is 5.45. The number of thiophene rings is 1. The third kappa shape index (κ3) is 3.34. The fraction of sp³-hybridized carbons (Fsp3) is 0.154. The molecule has 20 heavy (non-hydrogen) atoms. The fourth-order valence-corrected chi connectivity index (χ4v) is 2.70. The highest BCUT2D eigenvalue weighted by Gasteiger charge is 2.23. The summed E-state index contributed by atoms with van der Waals surface area (Å²) in [4.78, 5) is 27.9. The van der Waals surface area contributed by atoms with Gasteiger partial charge in [-0.3, -0.25) is 4.79 Å². The number of carbonyl (C=O) groups excluding carboxylic acids is 1. The Morgan fingerprint density at radius 1 is 1.45 bits per heavy atom. The molecule has 2 N–H and O–H groups in total. The second-order valence-electron chi connectivity index (χ2n) is 4.08. The van der Waals surface area contributed by atoms with Gasteiger partial charge < -0.3 is 10.4 Å². The van der Waals surface area contributed by atoms with Gasteiger partial charge in [0.1, 0.15) is 5.15 Å².